The molecule has 1 heterocycles. The van der Waals surface area contributed by atoms with E-state index in [1.165, 1.54) is 0 Å². The molecule has 0 atom stereocenters. The molecule has 2 aromatic carbocycles. The van der Waals surface area contributed by atoms with E-state index < -0.39 is 0 Å². The fourth-order valence-corrected chi connectivity index (χ4v) is 2.55. The molecule has 0 aliphatic rings. The number of halogens is 1. The van der Waals surface area contributed by atoms with Crippen LogP contribution in [0.2, 0.25) is 5.02 Å². The smallest absolute Gasteiger partial charge is 0.273 e. The number of amides is 1. The van der Waals surface area contributed by atoms with Gasteiger partial charge in [-0.1, -0.05) is 48.9 Å². The molecule has 1 aromatic heterocycles. The summed E-state index contributed by atoms with van der Waals surface area (Å²) >= 11 is 5.90. The predicted octanol–water partition coefficient (Wildman–Crippen LogP) is 4.37. The third-order valence-corrected chi connectivity index (χ3v) is 3.89. The van der Waals surface area contributed by atoms with Gasteiger partial charge in [-0.25, -0.2) is 5.43 Å². The van der Waals surface area contributed by atoms with Gasteiger partial charge >= 0.3 is 0 Å². The minimum atomic E-state index is -0.234. The monoisotopic (exact) mass is 325 g/mol. The van der Waals surface area contributed by atoms with E-state index in [-0.39, 0.29) is 5.91 Å². The Kier molecular flexibility index (Phi) is 4.44. The molecular formula is C18H16ClN3O. The summed E-state index contributed by atoms with van der Waals surface area (Å²) in [6, 6.07) is 15.1. The van der Waals surface area contributed by atoms with Gasteiger partial charge in [0.1, 0.15) is 0 Å². The third kappa shape index (κ3) is 3.27. The first-order valence-corrected chi connectivity index (χ1v) is 7.76. The van der Waals surface area contributed by atoms with Gasteiger partial charge in [0, 0.05) is 22.1 Å². The highest BCUT2D eigenvalue weighted by Crippen LogP contribution is 2.17. The number of fused-ring (bicyclic) bond motifs is 1. The number of rotatable bonds is 4. The molecule has 0 radical (unpaired) electrons. The van der Waals surface area contributed by atoms with Crippen molar-refractivity contribution in [2.75, 3.05) is 0 Å². The molecule has 0 aliphatic carbocycles. The van der Waals surface area contributed by atoms with Crippen LogP contribution >= 0.6 is 11.6 Å². The summed E-state index contributed by atoms with van der Waals surface area (Å²) < 4.78 is 0. The average molecular weight is 326 g/mol. The van der Waals surface area contributed by atoms with Crippen molar-refractivity contribution in [2.45, 2.75) is 13.3 Å². The number of carbonyl (C=O) groups excluding carboxylic acids is 1. The van der Waals surface area contributed by atoms with Crippen LogP contribution in [0.3, 0.4) is 0 Å². The number of aromatic nitrogens is 1. The topological polar surface area (TPSA) is 57.2 Å². The van der Waals surface area contributed by atoms with Crippen molar-refractivity contribution in [3.63, 3.8) is 0 Å². The fourth-order valence-electron chi connectivity index (χ4n) is 2.43. The van der Waals surface area contributed by atoms with E-state index in [1.54, 1.807) is 6.20 Å². The number of nitrogens with zero attached hydrogens (tertiary/aromatic N) is 1. The molecule has 0 unspecified atom stereocenters. The first-order chi connectivity index (χ1) is 11.2. The maximum absolute atomic E-state index is 12.4. The zero-order valence-electron chi connectivity index (χ0n) is 12.6. The molecule has 4 nitrogen and oxygen atoms in total. The van der Waals surface area contributed by atoms with Crippen molar-refractivity contribution in [1.82, 2.24) is 10.4 Å². The van der Waals surface area contributed by atoms with Crippen LogP contribution in [-0.2, 0) is 0 Å². The highest BCUT2D eigenvalue weighted by atomic mass is 35.5. The largest absolute Gasteiger partial charge is 0.360 e. The van der Waals surface area contributed by atoms with Gasteiger partial charge in [-0.15, -0.1) is 0 Å². The Hall–Kier alpha value is -2.59. The van der Waals surface area contributed by atoms with Crippen LogP contribution < -0.4 is 5.43 Å². The number of para-hydroxylation sites is 1. The average Bonchev–Trinajstić information content (AvgIpc) is 3.01. The molecule has 2 N–H and O–H groups in total. The summed E-state index contributed by atoms with van der Waals surface area (Å²) in [5, 5.41) is 5.82. The Labute approximate surface area is 139 Å². The second kappa shape index (κ2) is 6.67. The summed E-state index contributed by atoms with van der Waals surface area (Å²) in [5.41, 5.74) is 5.88. The molecule has 1 amide bonds. The van der Waals surface area contributed by atoms with Crippen LogP contribution in [0.25, 0.3) is 10.9 Å². The van der Waals surface area contributed by atoms with Gasteiger partial charge in [0.05, 0.1) is 11.3 Å². The lowest BCUT2D eigenvalue weighted by atomic mass is 10.1. The Bertz CT molecular complexity index is 865. The number of hydrogen-bond acceptors (Lipinski definition) is 2. The SMILES string of the molecule is CCC(=NNC(=O)c1c[nH]c2ccccc12)c1ccc(Cl)cc1. The second-order valence-corrected chi connectivity index (χ2v) is 5.54. The maximum Gasteiger partial charge on any atom is 0.273 e. The first kappa shape index (κ1) is 15.3. The highest BCUT2D eigenvalue weighted by molar-refractivity contribution is 6.30. The minimum absolute atomic E-state index is 0.234. The van der Waals surface area contributed by atoms with Crippen molar-refractivity contribution in [2.24, 2.45) is 5.10 Å². The van der Waals surface area contributed by atoms with Gasteiger partial charge < -0.3 is 4.98 Å². The van der Waals surface area contributed by atoms with Crippen molar-refractivity contribution in [1.29, 1.82) is 0 Å². The first-order valence-electron chi connectivity index (χ1n) is 7.38. The number of aromatic amines is 1. The number of carbonyl (C=O) groups is 1. The standard InChI is InChI=1S/C18H16ClN3O/c1-2-16(12-7-9-13(19)10-8-12)21-22-18(23)15-11-20-17-6-4-3-5-14(15)17/h3-11,20H,2H2,1H3,(H,22,23). The van der Waals surface area contributed by atoms with Gasteiger partial charge in [-0.3, -0.25) is 4.79 Å². The predicted molar refractivity (Wildman–Crippen MR) is 94.0 cm³/mol. The van der Waals surface area contributed by atoms with Gasteiger partial charge in [0.25, 0.3) is 5.91 Å². The summed E-state index contributed by atoms with van der Waals surface area (Å²) in [7, 11) is 0. The Morgan fingerprint density at radius 3 is 2.65 bits per heavy atom. The third-order valence-electron chi connectivity index (χ3n) is 3.64. The summed E-state index contributed by atoms with van der Waals surface area (Å²) in [5.74, 6) is -0.234. The molecule has 23 heavy (non-hydrogen) atoms. The van der Waals surface area contributed by atoms with Gasteiger partial charge in [0.15, 0.2) is 0 Å². The van der Waals surface area contributed by atoms with Gasteiger partial charge in [0.2, 0.25) is 0 Å². The van der Waals surface area contributed by atoms with E-state index >= 15 is 0 Å². The van der Waals surface area contributed by atoms with Crippen molar-refractivity contribution >= 4 is 34.1 Å². The number of hydrogen-bond donors (Lipinski definition) is 2. The van der Waals surface area contributed by atoms with E-state index in [4.69, 9.17) is 11.6 Å². The number of benzene rings is 2. The number of H-pyrrole nitrogens is 1. The molecule has 3 aromatic rings. The normalized spacial score (nSPS) is 11.7. The number of nitrogens with one attached hydrogen (secondary N) is 2. The lowest BCUT2D eigenvalue weighted by Gasteiger charge is -2.05. The van der Waals surface area contributed by atoms with Crippen LogP contribution in [-0.4, -0.2) is 16.6 Å². The molecule has 0 fully saturated rings. The molecule has 3 rings (SSSR count). The molecule has 0 saturated heterocycles. The summed E-state index contributed by atoms with van der Waals surface area (Å²) in [4.78, 5) is 15.5. The molecule has 0 saturated carbocycles. The van der Waals surface area contributed by atoms with Crippen molar-refractivity contribution in [3.8, 4) is 0 Å². The number of hydrazone groups is 1. The molecule has 0 aliphatic heterocycles. The Balaban J connectivity index is 1.82. The summed E-state index contributed by atoms with van der Waals surface area (Å²) in [6.07, 6.45) is 2.40. The molecule has 0 bridgehead atoms. The molecule has 0 spiro atoms. The van der Waals surface area contributed by atoms with E-state index in [0.717, 1.165) is 22.2 Å². The fraction of sp³-hybridized carbons (Fsp3) is 0.111. The van der Waals surface area contributed by atoms with E-state index in [9.17, 15) is 4.79 Å². The van der Waals surface area contributed by atoms with Gasteiger partial charge in [-0.2, -0.15) is 5.10 Å². The minimum Gasteiger partial charge on any atom is -0.360 e. The summed E-state index contributed by atoms with van der Waals surface area (Å²) in [6.45, 7) is 1.99. The van der Waals surface area contributed by atoms with E-state index in [1.807, 2.05) is 55.5 Å². The zero-order valence-corrected chi connectivity index (χ0v) is 13.4. The molecule has 116 valence electrons. The lowest BCUT2D eigenvalue weighted by Crippen LogP contribution is -2.19. The van der Waals surface area contributed by atoms with E-state index in [0.29, 0.717) is 17.0 Å². The molecular weight excluding hydrogens is 310 g/mol. The second-order valence-electron chi connectivity index (χ2n) is 5.11. The Morgan fingerprint density at radius 1 is 1.17 bits per heavy atom. The van der Waals surface area contributed by atoms with Crippen LogP contribution in [0, 0.1) is 0 Å². The highest BCUT2D eigenvalue weighted by Gasteiger charge is 2.11. The van der Waals surface area contributed by atoms with Crippen LogP contribution in [0.1, 0.15) is 29.3 Å². The quantitative estimate of drug-likeness (QED) is 0.543. The van der Waals surface area contributed by atoms with Crippen molar-refractivity contribution in [3.05, 3.63) is 70.9 Å². The van der Waals surface area contributed by atoms with Crippen LogP contribution in [0.5, 0.6) is 0 Å². The van der Waals surface area contributed by atoms with Crippen molar-refractivity contribution < 1.29 is 4.79 Å². The maximum atomic E-state index is 12.4. The van der Waals surface area contributed by atoms with Crippen LogP contribution in [0.15, 0.2) is 59.8 Å². The zero-order chi connectivity index (χ0) is 16.2. The van der Waals surface area contributed by atoms with Gasteiger partial charge in [-0.05, 0) is 30.2 Å². The lowest BCUT2D eigenvalue weighted by molar-refractivity contribution is 0.0956. The molecule has 5 heteroatoms. The Morgan fingerprint density at radius 2 is 1.91 bits per heavy atom. The van der Waals surface area contributed by atoms with E-state index in [2.05, 4.69) is 15.5 Å². The van der Waals surface area contributed by atoms with Crippen LogP contribution in [0.4, 0.5) is 0 Å².